The SMILES string of the molecule is Cc1nn(C)c(C)c1-c1cc(N2CCOC[C@H]2C)nc(-c2ccnc(C(F)F)c2)n1. The molecule has 0 aromatic carbocycles. The summed E-state index contributed by atoms with van der Waals surface area (Å²) in [6, 6.07) is 5.08. The number of aryl methyl sites for hydroxylation is 2. The first-order valence-electron chi connectivity index (χ1n) is 9.83. The Hall–Kier alpha value is -2.94. The highest BCUT2D eigenvalue weighted by Crippen LogP contribution is 2.31. The fraction of sp³-hybridized carbons (Fsp3) is 0.429. The predicted molar refractivity (Wildman–Crippen MR) is 110 cm³/mol. The van der Waals surface area contributed by atoms with Crippen LogP contribution in [0.5, 0.6) is 0 Å². The van der Waals surface area contributed by atoms with Crippen LogP contribution in [0.15, 0.2) is 24.4 Å². The zero-order valence-electron chi connectivity index (χ0n) is 17.4. The molecular formula is C21H24F2N6O. The minimum atomic E-state index is -2.66. The summed E-state index contributed by atoms with van der Waals surface area (Å²) in [6.45, 7) is 7.89. The lowest BCUT2D eigenvalue weighted by molar-refractivity contribution is 0.0985. The van der Waals surface area contributed by atoms with Gasteiger partial charge in [-0.1, -0.05) is 0 Å². The summed E-state index contributed by atoms with van der Waals surface area (Å²) in [5, 5.41) is 4.50. The molecular weight excluding hydrogens is 390 g/mol. The first kappa shape index (κ1) is 20.3. The molecule has 0 radical (unpaired) electrons. The van der Waals surface area contributed by atoms with Crippen LogP contribution in [-0.2, 0) is 11.8 Å². The second-order valence-corrected chi connectivity index (χ2v) is 7.49. The maximum atomic E-state index is 13.2. The Morgan fingerprint density at radius 2 is 2.00 bits per heavy atom. The molecule has 0 N–H and O–H groups in total. The van der Waals surface area contributed by atoms with Crippen molar-refractivity contribution in [2.75, 3.05) is 24.7 Å². The molecule has 1 fully saturated rings. The van der Waals surface area contributed by atoms with E-state index in [1.165, 1.54) is 12.3 Å². The highest BCUT2D eigenvalue weighted by atomic mass is 19.3. The van der Waals surface area contributed by atoms with Crippen molar-refractivity contribution in [1.82, 2.24) is 24.7 Å². The molecule has 1 aliphatic rings. The van der Waals surface area contributed by atoms with Crippen LogP contribution in [-0.4, -0.2) is 50.5 Å². The summed E-state index contributed by atoms with van der Waals surface area (Å²) in [6.07, 6.45) is -1.29. The van der Waals surface area contributed by atoms with E-state index in [-0.39, 0.29) is 11.7 Å². The van der Waals surface area contributed by atoms with E-state index in [9.17, 15) is 8.78 Å². The highest BCUT2D eigenvalue weighted by Gasteiger charge is 2.24. The molecule has 0 saturated carbocycles. The first-order valence-corrected chi connectivity index (χ1v) is 9.83. The maximum absolute atomic E-state index is 13.2. The normalized spacial score (nSPS) is 17.0. The van der Waals surface area contributed by atoms with Gasteiger partial charge >= 0.3 is 0 Å². The van der Waals surface area contributed by atoms with Gasteiger partial charge in [0, 0.05) is 42.7 Å². The van der Waals surface area contributed by atoms with Crippen LogP contribution < -0.4 is 4.90 Å². The second kappa shape index (κ2) is 8.06. The molecule has 158 valence electrons. The summed E-state index contributed by atoms with van der Waals surface area (Å²) in [5.41, 5.74) is 3.67. The molecule has 4 rings (SSSR count). The van der Waals surface area contributed by atoms with Crippen molar-refractivity contribution in [2.45, 2.75) is 33.2 Å². The molecule has 1 saturated heterocycles. The molecule has 0 unspecified atom stereocenters. The fourth-order valence-electron chi connectivity index (χ4n) is 3.76. The molecule has 7 nitrogen and oxygen atoms in total. The molecule has 3 aromatic rings. The van der Waals surface area contributed by atoms with Crippen molar-refractivity contribution < 1.29 is 13.5 Å². The molecule has 0 aliphatic carbocycles. The molecule has 1 aliphatic heterocycles. The van der Waals surface area contributed by atoms with Crippen molar-refractivity contribution in [3.05, 3.63) is 41.5 Å². The predicted octanol–water partition coefficient (Wildman–Crippen LogP) is 3.72. The molecule has 0 spiro atoms. The minimum absolute atomic E-state index is 0.138. The van der Waals surface area contributed by atoms with Crippen LogP contribution in [0.1, 0.15) is 30.4 Å². The Morgan fingerprint density at radius 3 is 2.67 bits per heavy atom. The molecule has 1 atom stereocenters. The summed E-state index contributed by atoms with van der Waals surface area (Å²) < 4.78 is 33.8. The number of hydrogen-bond acceptors (Lipinski definition) is 6. The van der Waals surface area contributed by atoms with Crippen molar-refractivity contribution >= 4 is 5.82 Å². The first-order chi connectivity index (χ1) is 14.3. The molecule has 30 heavy (non-hydrogen) atoms. The second-order valence-electron chi connectivity index (χ2n) is 7.49. The number of anilines is 1. The van der Waals surface area contributed by atoms with E-state index in [1.54, 1.807) is 6.07 Å². The summed E-state index contributed by atoms with van der Waals surface area (Å²) in [5.74, 6) is 1.12. The van der Waals surface area contributed by atoms with E-state index in [0.29, 0.717) is 36.8 Å². The van der Waals surface area contributed by atoms with E-state index >= 15 is 0 Å². The van der Waals surface area contributed by atoms with Crippen LogP contribution >= 0.6 is 0 Å². The van der Waals surface area contributed by atoms with E-state index in [0.717, 1.165) is 22.8 Å². The number of hydrogen-bond donors (Lipinski definition) is 0. The minimum Gasteiger partial charge on any atom is -0.377 e. The molecule has 0 amide bonds. The van der Waals surface area contributed by atoms with Crippen LogP contribution in [0.2, 0.25) is 0 Å². The van der Waals surface area contributed by atoms with Gasteiger partial charge in [0.25, 0.3) is 6.43 Å². The number of ether oxygens (including phenoxy) is 1. The number of halogens is 2. The zero-order valence-corrected chi connectivity index (χ0v) is 17.4. The number of alkyl halides is 2. The number of pyridine rings is 1. The number of nitrogens with zero attached hydrogens (tertiary/aromatic N) is 6. The van der Waals surface area contributed by atoms with Crippen molar-refractivity contribution in [3.8, 4) is 22.6 Å². The van der Waals surface area contributed by atoms with Gasteiger partial charge in [0.2, 0.25) is 0 Å². The Balaban J connectivity index is 1.89. The van der Waals surface area contributed by atoms with Gasteiger partial charge in [0.15, 0.2) is 5.82 Å². The Morgan fingerprint density at radius 1 is 1.20 bits per heavy atom. The van der Waals surface area contributed by atoms with Crippen LogP contribution in [0.3, 0.4) is 0 Å². The maximum Gasteiger partial charge on any atom is 0.280 e. The quantitative estimate of drug-likeness (QED) is 0.648. The van der Waals surface area contributed by atoms with Gasteiger partial charge in [-0.2, -0.15) is 5.10 Å². The topological polar surface area (TPSA) is 69.0 Å². The third-order valence-corrected chi connectivity index (χ3v) is 5.40. The van der Waals surface area contributed by atoms with Crippen molar-refractivity contribution in [3.63, 3.8) is 0 Å². The van der Waals surface area contributed by atoms with Crippen molar-refractivity contribution in [1.29, 1.82) is 0 Å². The van der Waals surface area contributed by atoms with Crippen LogP contribution in [0.25, 0.3) is 22.6 Å². The van der Waals surface area contributed by atoms with Gasteiger partial charge in [-0.3, -0.25) is 9.67 Å². The Kier molecular flexibility index (Phi) is 5.46. The molecule has 4 heterocycles. The Labute approximate surface area is 173 Å². The van der Waals surface area contributed by atoms with Crippen molar-refractivity contribution in [2.24, 2.45) is 7.05 Å². The van der Waals surface area contributed by atoms with Crippen LogP contribution in [0.4, 0.5) is 14.6 Å². The van der Waals surface area contributed by atoms with Gasteiger partial charge < -0.3 is 9.64 Å². The Bertz CT molecular complexity index is 1070. The monoisotopic (exact) mass is 414 g/mol. The smallest absolute Gasteiger partial charge is 0.280 e. The van der Waals surface area contributed by atoms with E-state index in [4.69, 9.17) is 14.7 Å². The highest BCUT2D eigenvalue weighted by molar-refractivity contribution is 5.71. The van der Waals surface area contributed by atoms with Gasteiger partial charge in [0.1, 0.15) is 11.5 Å². The lowest BCUT2D eigenvalue weighted by atomic mass is 10.1. The van der Waals surface area contributed by atoms with Gasteiger partial charge in [0.05, 0.1) is 30.6 Å². The molecule has 3 aromatic heterocycles. The number of rotatable bonds is 4. The summed E-state index contributed by atoms with van der Waals surface area (Å²) in [4.78, 5) is 15.4. The zero-order chi connectivity index (χ0) is 21.4. The van der Waals surface area contributed by atoms with E-state index in [1.807, 2.05) is 31.6 Å². The largest absolute Gasteiger partial charge is 0.377 e. The third-order valence-electron chi connectivity index (χ3n) is 5.40. The van der Waals surface area contributed by atoms with Gasteiger partial charge in [-0.15, -0.1) is 0 Å². The fourth-order valence-corrected chi connectivity index (χ4v) is 3.76. The number of aromatic nitrogens is 5. The van der Waals surface area contributed by atoms with E-state index < -0.39 is 6.43 Å². The molecule has 9 heteroatoms. The third kappa shape index (κ3) is 3.77. The standard InChI is InChI=1S/C21H24F2N6O/c1-12-11-30-8-7-29(12)18-10-16(19-13(2)27-28(4)14(19)3)25-21(26-18)15-5-6-24-17(9-15)20(22)23/h5-6,9-10,12,20H,7-8,11H2,1-4H3/t12-/m1/s1. The molecule has 0 bridgehead atoms. The van der Waals surface area contributed by atoms with Gasteiger partial charge in [-0.05, 0) is 32.9 Å². The lowest BCUT2D eigenvalue weighted by Gasteiger charge is -2.34. The van der Waals surface area contributed by atoms with E-state index in [2.05, 4.69) is 21.9 Å². The van der Waals surface area contributed by atoms with Crippen LogP contribution in [0, 0.1) is 13.8 Å². The average Bonchev–Trinajstić information content (AvgIpc) is 2.99. The summed E-state index contributed by atoms with van der Waals surface area (Å²) >= 11 is 0. The number of morpholine rings is 1. The van der Waals surface area contributed by atoms with Gasteiger partial charge in [-0.25, -0.2) is 18.7 Å². The summed E-state index contributed by atoms with van der Waals surface area (Å²) in [7, 11) is 1.89. The lowest BCUT2D eigenvalue weighted by Crippen LogP contribution is -2.44. The average molecular weight is 414 g/mol.